The van der Waals surface area contributed by atoms with Crippen molar-refractivity contribution >= 4 is 33.6 Å². The highest BCUT2D eigenvalue weighted by Crippen LogP contribution is 2.24. The van der Waals surface area contributed by atoms with E-state index in [2.05, 4.69) is 16.0 Å². The van der Waals surface area contributed by atoms with Crippen LogP contribution in [0, 0.1) is 0 Å². The first-order chi connectivity index (χ1) is 13.2. The lowest BCUT2D eigenvalue weighted by Crippen LogP contribution is -2.20. The number of hydrogen-bond donors (Lipinski definition) is 2. The molecule has 4 aromatic rings. The van der Waals surface area contributed by atoms with Crippen LogP contribution in [-0.2, 0) is 0 Å². The van der Waals surface area contributed by atoms with Crippen molar-refractivity contribution in [3.05, 3.63) is 60.7 Å². The Morgan fingerprint density at radius 2 is 1.85 bits per heavy atom. The zero-order valence-electron chi connectivity index (χ0n) is 14.9. The molecular formula is C21H20N2O3S. The van der Waals surface area contributed by atoms with Gasteiger partial charge < -0.3 is 19.6 Å². The first-order valence-electron chi connectivity index (χ1n) is 8.67. The number of methoxy groups -OCH3 is 1. The zero-order valence-corrected chi connectivity index (χ0v) is 15.7. The fraction of sp³-hybridized carbons (Fsp3) is 0.190. The van der Waals surface area contributed by atoms with E-state index in [0.29, 0.717) is 5.75 Å². The van der Waals surface area contributed by atoms with Crippen LogP contribution in [0.4, 0.5) is 0 Å². The van der Waals surface area contributed by atoms with Crippen molar-refractivity contribution in [2.75, 3.05) is 19.5 Å². The number of ether oxygens (including phenoxy) is 2. The predicted octanol–water partition coefficient (Wildman–Crippen LogP) is 4.26. The van der Waals surface area contributed by atoms with Crippen LogP contribution < -0.4 is 9.47 Å². The average molecular weight is 380 g/mol. The van der Waals surface area contributed by atoms with Crippen LogP contribution in [0.2, 0.25) is 0 Å². The minimum Gasteiger partial charge on any atom is -0.497 e. The van der Waals surface area contributed by atoms with Gasteiger partial charge in [0.25, 0.3) is 0 Å². The van der Waals surface area contributed by atoms with E-state index in [9.17, 15) is 5.11 Å². The van der Waals surface area contributed by atoms with Gasteiger partial charge in [0.05, 0.1) is 24.2 Å². The highest BCUT2D eigenvalue weighted by atomic mass is 32.2. The maximum Gasteiger partial charge on any atom is 0.166 e. The number of benzene rings is 3. The standard InChI is InChI=1S/C21H20N2O3S/c1-25-17-8-9-19-20(11-17)23-21(22-19)27-13-16(24)12-26-18-7-6-14-4-2-3-5-15(14)10-18/h2-11,16,24H,12-13H2,1H3,(H,22,23)/t16-/m0/s1. The maximum atomic E-state index is 10.2. The minimum absolute atomic E-state index is 0.236. The third-order valence-corrected chi connectivity index (χ3v) is 5.26. The van der Waals surface area contributed by atoms with Crippen LogP contribution in [0.1, 0.15) is 0 Å². The highest BCUT2D eigenvalue weighted by Gasteiger charge is 2.10. The third-order valence-electron chi connectivity index (χ3n) is 4.24. The molecule has 2 N–H and O–H groups in total. The summed E-state index contributed by atoms with van der Waals surface area (Å²) in [5.74, 6) is 2.03. The monoisotopic (exact) mass is 380 g/mol. The van der Waals surface area contributed by atoms with E-state index in [1.807, 2.05) is 54.6 Å². The average Bonchev–Trinajstić information content (AvgIpc) is 3.12. The number of imidazole rings is 1. The lowest BCUT2D eigenvalue weighted by atomic mass is 10.1. The van der Waals surface area contributed by atoms with Gasteiger partial charge in [0, 0.05) is 11.8 Å². The molecule has 3 aromatic carbocycles. The molecule has 0 aliphatic carbocycles. The number of fused-ring (bicyclic) bond motifs is 2. The van der Waals surface area contributed by atoms with E-state index in [4.69, 9.17) is 9.47 Å². The van der Waals surface area contributed by atoms with Crippen LogP contribution >= 0.6 is 11.8 Å². The van der Waals surface area contributed by atoms with Gasteiger partial charge in [-0.05, 0) is 35.0 Å². The number of hydrogen-bond acceptors (Lipinski definition) is 5. The summed E-state index contributed by atoms with van der Waals surface area (Å²) in [4.78, 5) is 7.75. The van der Waals surface area contributed by atoms with Gasteiger partial charge in [-0.3, -0.25) is 0 Å². The van der Waals surface area contributed by atoms with Gasteiger partial charge in [-0.15, -0.1) is 0 Å². The van der Waals surface area contributed by atoms with Crippen LogP contribution in [0.3, 0.4) is 0 Å². The Balaban J connectivity index is 1.33. The smallest absolute Gasteiger partial charge is 0.166 e. The summed E-state index contributed by atoms with van der Waals surface area (Å²) < 4.78 is 11.0. The second-order valence-corrected chi connectivity index (χ2v) is 7.22. The SMILES string of the molecule is COc1ccc2nc(SC[C@@H](O)COc3ccc4ccccc4c3)[nH]c2c1. The molecule has 27 heavy (non-hydrogen) atoms. The van der Waals surface area contributed by atoms with Gasteiger partial charge in [-0.25, -0.2) is 4.98 Å². The number of thioether (sulfide) groups is 1. The summed E-state index contributed by atoms with van der Waals surface area (Å²) >= 11 is 1.47. The second-order valence-electron chi connectivity index (χ2n) is 6.21. The topological polar surface area (TPSA) is 67.4 Å². The number of aromatic nitrogens is 2. The number of aliphatic hydroxyl groups excluding tert-OH is 1. The Kier molecular flexibility index (Phi) is 5.18. The predicted molar refractivity (Wildman–Crippen MR) is 109 cm³/mol. The Morgan fingerprint density at radius 1 is 1.04 bits per heavy atom. The molecule has 0 unspecified atom stereocenters. The van der Waals surface area contributed by atoms with E-state index in [1.54, 1.807) is 7.11 Å². The van der Waals surface area contributed by atoms with Gasteiger partial charge in [0.15, 0.2) is 5.16 Å². The summed E-state index contributed by atoms with van der Waals surface area (Å²) in [6.45, 7) is 0.236. The fourth-order valence-corrected chi connectivity index (χ4v) is 3.63. The van der Waals surface area contributed by atoms with Gasteiger partial charge in [-0.1, -0.05) is 42.1 Å². The molecule has 0 saturated heterocycles. The van der Waals surface area contributed by atoms with Crippen molar-refractivity contribution in [3.63, 3.8) is 0 Å². The Labute approximate surface area is 161 Å². The molecule has 0 bridgehead atoms. The van der Waals surface area contributed by atoms with E-state index < -0.39 is 6.10 Å². The van der Waals surface area contributed by atoms with E-state index >= 15 is 0 Å². The largest absolute Gasteiger partial charge is 0.497 e. The van der Waals surface area contributed by atoms with Gasteiger partial charge in [0.1, 0.15) is 18.1 Å². The van der Waals surface area contributed by atoms with E-state index in [0.717, 1.165) is 33.1 Å². The third kappa shape index (κ3) is 4.18. The summed E-state index contributed by atoms with van der Waals surface area (Å²) in [5, 5.41) is 13.3. The van der Waals surface area contributed by atoms with Crippen LogP contribution in [0.5, 0.6) is 11.5 Å². The molecule has 0 spiro atoms. The lowest BCUT2D eigenvalue weighted by Gasteiger charge is -2.12. The molecular weight excluding hydrogens is 360 g/mol. The maximum absolute atomic E-state index is 10.2. The number of aromatic amines is 1. The van der Waals surface area contributed by atoms with Crippen LogP contribution in [0.25, 0.3) is 21.8 Å². The number of H-pyrrole nitrogens is 1. The van der Waals surface area contributed by atoms with Crippen LogP contribution in [-0.4, -0.2) is 40.6 Å². The Hall–Kier alpha value is -2.70. The molecule has 0 aliphatic rings. The van der Waals surface area contributed by atoms with Crippen molar-refractivity contribution in [2.24, 2.45) is 0 Å². The molecule has 4 rings (SSSR count). The van der Waals surface area contributed by atoms with Crippen molar-refractivity contribution in [1.82, 2.24) is 9.97 Å². The first-order valence-corrected chi connectivity index (χ1v) is 9.66. The Morgan fingerprint density at radius 3 is 2.70 bits per heavy atom. The molecule has 0 fully saturated rings. The van der Waals surface area contributed by atoms with E-state index in [-0.39, 0.29) is 6.61 Å². The Bertz CT molecular complexity index is 1060. The molecule has 0 amide bonds. The first kappa shape index (κ1) is 17.7. The van der Waals surface area contributed by atoms with Gasteiger partial charge >= 0.3 is 0 Å². The highest BCUT2D eigenvalue weighted by molar-refractivity contribution is 7.99. The van der Waals surface area contributed by atoms with Crippen molar-refractivity contribution < 1.29 is 14.6 Å². The molecule has 1 atom stereocenters. The van der Waals surface area contributed by atoms with Crippen molar-refractivity contribution in [2.45, 2.75) is 11.3 Å². The van der Waals surface area contributed by atoms with Crippen LogP contribution in [0.15, 0.2) is 65.8 Å². The van der Waals surface area contributed by atoms with E-state index in [1.165, 1.54) is 17.1 Å². The quantitative estimate of drug-likeness (QED) is 0.469. The molecule has 6 heteroatoms. The van der Waals surface area contributed by atoms with Crippen molar-refractivity contribution in [1.29, 1.82) is 0 Å². The minimum atomic E-state index is -0.593. The lowest BCUT2D eigenvalue weighted by molar-refractivity contribution is 0.126. The molecule has 138 valence electrons. The molecule has 0 saturated carbocycles. The molecule has 1 aromatic heterocycles. The number of rotatable bonds is 7. The number of nitrogens with zero attached hydrogens (tertiary/aromatic N) is 1. The van der Waals surface area contributed by atoms with Gasteiger partial charge in [-0.2, -0.15) is 0 Å². The summed E-state index contributed by atoms with van der Waals surface area (Å²) in [7, 11) is 1.64. The number of aliphatic hydroxyl groups is 1. The molecule has 1 heterocycles. The van der Waals surface area contributed by atoms with Crippen molar-refractivity contribution in [3.8, 4) is 11.5 Å². The zero-order chi connectivity index (χ0) is 18.6. The summed E-state index contributed by atoms with van der Waals surface area (Å²) in [6, 6.07) is 19.8. The fourth-order valence-electron chi connectivity index (χ4n) is 2.83. The number of nitrogens with one attached hydrogen (secondary N) is 1. The van der Waals surface area contributed by atoms with Gasteiger partial charge in [0.2, 0.25) is 0 Å². The normalized spacial score (nSPS) is 12.4. The summed E-state index contributed by atoms with van der Waals surface area (Å²) in [5.41, 5.74) is 1.79. The second kappa shape index (κ2) is 7.90. The molecule has 0 aliphatic heterocycles. The summed E-state index contributed by atoms with van der Waals surface area (Å²) in [6.07, 6.45) is -0.593. The molecule has 0 radical (unpaired) electrons. The molecule has 5 nitrogen and oxygen atoms in total.